The molecule has 2 aliphatic rings. The highest BCUT2D eigenvalue weighted by atomic mass is 15.3. The van der Waals surface area contributed by atoms with E-state index in [0.717, 1.165) is 31.5 Å². The molecule has 0 amide bonds. The van der Waals surface area contributed by atoms with E-state index in [1.807, 2.05) is 0 Å². The molecule has 2 N–H and O–H groups in total. The summed E-state index contributed by atoms with van der Waals surface area (Å²) in [6, 6.07) is 0.589. The predicted molar refractivity (Wildman–Crippen MR) is 90.6 cm³/mol. The van der Waals surface area contributed by atoms with Gasteiger partial charge in [0.25, 0.3) is 0 Å². The van der Waals surface area contributed by atoms with Crippen LogP contribution in [0.2, 0.25) is 0 Å². The van der Waals surface area contributed by atoms with Gasteiger partial charge >= 0.3 is 0 Å². The van der Waals surface area contributed by atoms with Crippen molar-refractivity contribution in [2.75, 3.05) is 32.7 Å². The maximum absolute atomic E-state index is 6.24. The monoisotopic (exact) mass is 294 g/mol. The fraction of sp³-hybridized carbons (Fsp3) is 0.941. The molecule has 1 unspecified atom stereocenters. The number of guanidine groups is 1. The summed E-state index contributed by atoms with van der Waals surface area (Å²) in [4.78, 5) is 9.72. The number of nitrogens with zero attached hydrogens (tertiary/aromatic N) is 3. The lowest BCUT2D eigenvalue weighted by molar-refractivity contribution is 0.171. The zero-order chi connectivity index (χ0) is 15.1. The second kappa shape index (κ2) is 8.62. The molecule has 0 saturated carbocycles. The standard InChI is InChI=1S/C17H34N4/c1-3-15(4-2)16(20-10-8-9-11-20)14-19-17(18)21-12-6-5-7-13-21/h15-16H,3-14H2,1-2H3,(H2,18,19). The van der Waals surface area contributed by atoms with Crippen LogP contribution < -0.4 is 5.73 Å². The van der Waals surface area contributed by atoms with E-state index in [9.17, 15) is 0 Å². The van der Waals surface area contributed by atoms with Crippen LogP contribution in [0.25, 0.3) is 0 Å². The van der Waals surface area contributed by atoms with Crippen molar-refractivity contribution in [3.63, 3.8) is 0 Å². The third-order valence-corrected chi connectivity index (χ3v) is 5.32. The van der Waals surface area contributed by atoms with Gasteiger partial charge in [0.2, 0.25) is 0 Å². The van der Waals surface area contributed by atoms with Crippen LogP contribution >= 0.6 is 0 Å². The summed E-state index contributed by atoms with van der Waals surface area (Å²) in [6.45, 7) is 10.2. The minimum atomic E-state index is 0.589. The van der Waals surface area contributed by atoms with Gasteiger partial charge in [0.05, 0.1) is 6.54 Å². The van der Waals surface area contributed by atoms with Crippen molar-refractivity contribution in [2.45, 2.75) is 64.8 Å². The Morgan fingerprint density at radius 3 is 2.10 bits per heavy atom. The second-order valence-corrected chi connectivity index (χ2v) is 6.63. The minimum Gasteiger partial charge on any atom is -0.370 e. The van der Waals surface area contributed by atoms with E-state index in [1.165, 1.54) is 58.0 Å². The molecular formula is C17H34N4. The summed E-state index contributed by atoms with van der Waals surface area (Å²) in [5, 5.41) is 0. The van der Waals surface area contributed by atoms with Crippen molar-refractivity contribution in [3.05, 3.63) is 0 Å². The van der Waals surface area contributed by atoms with Crippen molar-refractivity contribution in [3.8, 4) is 0 Å². The smallest absolute Gasteiger partial charge is 0.191 e. The number of rotatable bonds is 6. The maximum atomic E-state index is 6.24. The Balaban J connectivity index is 1.96. The van der Waals surface area contributed by atoms with E-state index in [1.54, 1.807) is 0 Å². The number of piperidine rings is 1. The molecule has 0 aromatic heterocycles. The molecule has 2 rings (SSSR count). The first kappa shape index (κ1) is 16.6. The summed E-state index contributed by atoms with van der Waals surface area (Å²) in [5.74, 6) is 1.53. The molecule has 0 aromatic rings. The van der Waals surface area contributed by atoms with Crippen LogP contribution in [0, 0.1) is 5.92 Å². The number of nitrogens with two attached hydrogens (primary N) is 1. The molecule has 0 aromatic carbocycles. The largest absolute Gasteiger partial charge is 0.370 e. The molecule has 0 spiro atoms. The van der Waals surface area contributed by atoms with Crippen LogP contribution in [0.1, 0.15) is 58.8 Å². The van der Waals surface area contributed by atoms with E-state index in [0.29, 0.717) is 6.04 Å². The fourth-order valence-corrected chi connectivity index (χ4v) is 3.88. The first-order valence-electron chi connectivity index (χ1n) is 9.05. The highest BCUT2D eigenvalue weighted by molar-refractivity contribution is 5.78. The van der Waals surface area contributed by atoms with Crippen molar-refractivity contribution < 1.29 is 0 Å². The van der Waals surface area contributed by atoms with Gasteiger partial charge in [0.1, 0.15) is 0 Å². The fourth-order valence-electron chi connectivity index (χ4n) is 3.88. The lowest BCUT2D eigenvalue weighted by Gasteiger charge is -2.33. The Morgan fingerprint density at radius 1 is 0.952 bits per heavy atom. The Labute approximate surface area is 130 Å². The van der Waals surface area contributed by atoms with Crippen molar-refractivity contribution >= 4 is 5.96 Å². The molecule has 21 heavy (non-hydrogen) atoms. The van der Waals surface area contributed by atoms with Crippen molar-refractivity contribution in [1.82, 2.24) is 9.80 Å². The van der Waals surface area contributed by atoms with Crippen LogP contribution in [0.15, 0.2) is 4.99 Å². The van der Waals surface area contributed by atoms with E-state index in [2.05, 4.69) is 23.6 Å². The zero-order valence-electron chi connectivity index (χ0n) is 14.1. The van der Waals surface area contributed by atoms with Gasteiger partial charge in [-0.25, -0.2) is 0 Å². The topological polar surface area (TPSA) is 44.9 Å². The van der Waals surface area contributed by atoms with Gasteiger partial charge < -0.3 is 10.6 Å². The molecule has 2 heterocycles. The number of hydrogen-bond donors (Lipinski definition) is 1. The first-order chi connectivity index (χ1) is 10.3. The van der Waals surface area contributed by atoms with Crippen LogP contribution in [0.3, 0.4) is 0 Å². The molecule has 2 aliphatic heterocycles. The number of aliphatic imine (C=N–C) groups is 1. The maximum Gasteiger partial charge on any atom is 0.191 e. The van der Waals surface area contributed by atoms with Crippen LogP contribution in [0.5, 0.6) is 0 Å². The summed E-state index contributed by atoms with van der Waals surface area (Å²) >= 11 is 0. The summed E-state index contributed by atoms with van der Waals surface area (Å²) in [7, 11) is 0. The van der Waals surface area contributed by atoms with Crippen LogP contribution in [-0.4, -0.2) is 54.5 Å². The van der Waals surface area contributed by atoms with E-state index in [-0.39, 0.29) is 0 Å². The van der Waals surface area contributed by atoms with Gasteiger partial charge in [-0.3, -0.25) is 9.89 Å². The lowest BCUT2D eigenvalue weighted by atomic mass is 9.93. The van der Waals surface area contributed by atoms with Gasteiger partial charge in [-0.05, 0) is 51.1 Å². The molecule has 1 atom stereocenters. The van der Waals surface area contributed by atoms with Gasteiger partial charge in [-0.2, -0.15) is 0 Å². The molecule has 2 saturated heterocycles. The van der Waals surface area contributed by atoms with E-state index < -0.39 is 0 Å². The Bertz CT molecular complexity index is 311. The van der Waals surface area contributed by atoms with Gasteiger partial charge in [-0.1, -0.05) is 26.7 Å². The zero-order valence-corrected chi connectivity index (χ0v) is 14.1. The van der Waals surface area contributed by atoms with E-state index in [4.69, 9.17) is 10.7 Å². The van der Waals surface area contributed by atoms with Crippen LogP contribution in [-0.2, 0) is 0 Å². The molecule has 0 bridgehead atoms. The second-order valence-electron chi connectivity index (χ2n) is 6.63. The molecule has 0 radical (unpaired) electrons. The summed E-state index contributed by atoms with van der Waals surface area (Å²) in [5.41, 5.74) is 6.24. The van der Waals surface area contributed by atoms with Gasteiger partial charge in [0.15, 0.2) is 5.96 Å². The third kappa shape index (κ3) is 4.60. The van der Waals surface area contributed by atoms with E-state index >= 15 is 0 Å². The average Bonchev–Trinajstić information content (AvgIpc) is 3.06. The number of hydrogen-bond acceptors (Lipinski definition) is 2. The summed E-state index contributed by atoms with van der Waals surface area (Å²) in [6.07, 6.45) is 9.06. The number of likely N-dealkylation sites (tertiary alicyclic amines) is 2. The molecule has 2 fully saturated rings. The normalized spacial score (nSPS) is 23.0. The quantitative estimate of drug-likeness (QED) is 0.605. The molecular weight excluding hydrogens is 260 g/mol. The molecule has 4 nitrogen and oxygen atoms in total. The Morgan fingerprint density at radius 2 is 1.52 bits per heavy atom. The Hall–Kier alpha value is -0.770. The highest BCUT2D eigenvalue weighted by Crippen LogP contribution is 2.23. The summed E-state index contributed by atoms with van der Waals surface area (Å²) < 4.78 is 0. The minimum absolute atomic E-state index is 0.589. The Kier molecular flexibility index (Phi) is 6.81. The highest BCUT2D eigenvalue weighted by Gasteiger charge is 2.27. The van der Waals surface area contributed by atoms with Gasteiger partial charge in [-0.15, -0.1) is 0 Å². The van der Waals surface area contributed by atoms with Crippen LogP contribution in [0.4, 0.5) is 0 Å². The van der Waals surface area contributed by atoms with Crippen molar-refractivity contribution in [2.24, 2.45) is 16.6 Å². The van der Waals surface area contributed by atoms with Crippen molar-refractivity contribution in [1.29, 1.82) is 0 Å². The molecule has 122 valence electrons. The molecule has 0 aliphatic carbocycles. The first-order valence-corrected chi connectivity index (χ1v) is 9.05. The predicted octanol–water partition coefficient (Wildman–Crippen LogP) is 2.69. The third-order valence-electron chi connectivity index (χ3n) is 5.32. The average molecular weight is 294 g/mol. The molecule has 4 heteroatoms. The SMILES string of the molecule is CCC(CC)C(CN=C(N)N1CCCCC1)N1CCCC1. The van der Waals surface area contributed by atoms with Gasteiger partial charge in [0, 0.05) is 19.1 Å². The lowest BCUT2D eigenvalue weighted by Crippen LogP contribution is -2.44.